The van der Waals surface area contributed by atoms with Crippen molar-refractivity contribution < 1.29 is 23.8 Å². The smallest absolute Gasteiger partial charge is 0.314 e. The molecule has 0 saturated carbocycles. The second-order valence-electron chi connectivity index (χ2n) is 16.2. The summed E-state index contributed by atoms with van der Waals surface area (Å²) in [5.41, 5.74) is 1.26. The lowest BCUT2D eigenvalue weighted by Crippen LogP contribution is -2.61. The SMILES string of the molecule is CCCCOC(=O)C(CC(C)(C)C(C)C(=O)Oc1ccc2ccc3c(c2c1)N=CC1(O3)N(C)c2ccccc2C1(C)C)[C@](C)(CC)SC(=S)SCCCC. The maximum absolute atomic E-state index is 13.9. The van der Waals surface area contributed by atoms with Gasteiger partial charge in [0.2, 0.25) is 5.72 Å². The van der Waals surface area contributed by atoms with Gasteiger partial charge in [0.05, 0.1) is 30.1 Å². The molecule has 3 aromatic carbocycles. The van der Waals surface area contributed by atoms with Crippen molar-refractivity contribution in [2.24, 2.45) is 22.2 Å². The molecule has 0 aliphatic carbocycles. The first-order valence-corrected chi connectivity index (χ1v) is 21.6. The van der Waals surface area contributed by atoms with Crippen LogP contribution in [0.25, 0.3) is 10.8 Å². The second kappa shape index (κ2) is 17.0. The molecule has 0 radical (unpaired) electrons. The van der Waals surface area contributed by atoms with Gasteiger partial charge in [-0.3, -0.25) is 14.6 Å². The van der Waals surface area contributed by atoms with Crippen molar-refractivity contribution in [3.05, 3.63) is 60.2 Å². The van der Waals surface area contributed by atoms with E-state index in [1.807, 2.05) is 70.4 Å². The Morgan fingerprint density at radius 1 is 1.00 bits per heavy atom. The molecule has 10 heteroatoms. The predicted octanol–water partition coefficient (Wildman–Crippen LogP) is 11.7. The highest BCUT2D eigenvalue weighted by Crippen LogP contribution is 2.54. The van der Waals surface area contributed by atoms with Crippen LogP contribution < -0.4 is 14.4 Å². The largest absolute Gasteiger partial charge is 0.465 e. The molecule has 0 N–H and O–H groups in total. The van der Waals surface area contributed by atoms with Gasteiger partial charge in [0.25, 0.3) is 0 Å². The molecule has 3 unspecified atom stereocenters. The number of hydrogen-bond donors (Lipinski definition) is 0. The van der Waals surface area contributed by atoms with Gasteiger partial charge in [-0.25, -0.2) is 0 Å². The lowest BCUT2D eigenvalue weighted by molar-refractivity contribution is -0.153. The molecule has 7 nitrogen and oxygen atoms in total. The number of fused-ring (bicyclic) bond motifs is 4. The number of benzene rings is 3. The number of unbranched alkanes of at least 4 members (excludes halogenated alkanes) is 2. The molecule has 2 aliphatic heterocycles. The van der Waals surface area contributed by atoms with Crippen LogP contribution in [0.5, 0.6) is 11.5 Å². The van der Waals surface area contributed by atoms with E-state index in [2.05, 4.69) is 64.6 Å². The Morgan fingerprint density at radius 3 is 2.39 bits per heavy atom. The summed E-state index contributed by atoms with van der Waals surface area (Å²) in [5.74, 6) is 0.494. The van der Waals surface area contributed by atoms with E-state index in [9.17, 15) is 9.59 Å². The number of rotatable bonds is 15. The number of likely N-dealkylation sites (N-methyl/N-ethyl adjacent to an activating group) is 1. The minimum Gasteiger partial charge on any atom is -0.465 e. The number of nitrogens with zero attached hydrogens (tertiary/aromatic N) is 2. The van der Waals surface area contributed by atoms with Crippen LogP contribution in [0.15, 0.2) is 59.6 Å². The summed E-state index contributed by atoms with van der Waals surface area (Å²) in [6.45, 7) is 19.2. The Bertz CT molecular complexity index is 1890. The van der Waals surface area contributed by atoms with Gasteiger partial charge in [-0.15, -0.1) is 23.5 Å². The Labute approximate surface area is 336 Å². The van der Waals surface area contributed by atoms with Crippen molar-refractivity contribution in [2.75, 3.05) is 24.3 Å². The summed E-state index contributed by atoms with van der Waals surface area (Å²) < 4.78 is 19.2. The molecule has 0 amide bonds. The predicted molar refractivity (Wildman–Crippen MR) is 232 cm³/mol. The zero-order valence-electron chi connectivity index (χ0n) is 33.7. The number of hydrogen-bond acceptors (Lipinski definition) is 10. The van der Waals surface area contributed by atoms with Crippen LogP contribution in [-0.2, 0) is 19.7 Å². The zero-order valence-corrected chi connectivity index (χ0v) is 36.2. The van der Waals surface area contributed by atoms with Gasteiger partial charge >= 0.3 is 11.9 Å². The van der Waals surface area contributed by atoms with Gasteiger partial charge in [-0.2, -0.15) is 0 Å². The Morgan fingerprint density at radius 2 is 1.70 bits per heavy atom. The third-order valence-corrected chi connectivity index (χ3v) is 15.0. The van der Waals surface area contributed by atoms with E-state index in [0.717, 1.165) is 57.8 Å². The van der Waals surface area contributed by atoms with Crippen LogP contribution in [0, 0.1) is 17.3 Å². The molecular weight excluding hydrogens is 733 g/mol. The number of esters is 2. The van der Waals surface area contributed by atoms with Crippen molar-refractivity contribution in [1.82, 2.24) is 0 Å². The highest BCUT2D eigenvalue weighted by Gasteiger charge is 2.58. The van der Waals surface area contributed by atoms with E-state index in [0.29, 0.717) is 30.2 Å². The second-order valence-corrected chi connectivity index (χ2v) is 20.0. The molecule has 2 aliphatic rings. The number of aliphatic imine (C=N–C) groups is 1. The minimum atomic E-state index is -0.798. The van der Waals surface area contributed by atoms with Crippen LogP contribution >= 0.6 is 35.7 Å². The summed E-state index contributed by atoms with van der Waals surface area (Å²) in [6.07, 6.45) is 7.03. The Balaban J connectivity index is 1.36. The fraction of sp³-hybridized carbons (Fsp3) is 0.545. The van der Waals surface area contributed by atoms with Crippen LogP contribution in [-0.4, -0.2) is 51.6 Å². The third-order valence-electron chi connectivity index (χ3n) is 11.9. The van der Waals surface area contributed by atoms with Gasteiger partial charge < -0.3 is 19.1 Å². The van der Waals surface area contributed by atoms with Gasteiger partial charge in [0, 0.05) is 22.9 Å². The molecule has 1 spiro atoms. The number of para-hydroxylation sites is 1. The molecule has 54 heavy (non-hydrogen) atoms. The molecule has 0 fully saturated rings. The lowest BCUT2D eigenvalue weighted by Gasteiger charge is -2.45. The molecule has 4 atom stereocenters. The van der Waals surface area contributed by atoms with E-state index < -0.39 is 27.7 Å². The maximum atomic E-state index is 13.9. The number of carbonyl (C=O) groups excluding carboxylic acids is 2. The molecular formula is C44H58N2O5S3. The fourth-order valence-electron chi connectivity index (χ4n) is 7.52. The van der Waals surface area contributed by atoms with Gasteiger partial charge in [-0.1, -0.05) is 96.9 Å². The van der Waals surface area contributed by atoms with E-state index in [4.69, 9.17) is 31.4 Å². The monoisotopic (exact) mass is 790 g/mol. The normalized spacial score (nSPS) is 19.4. The molecule has 5 rings (SSSR count). The maximum Gasteiger partial charge on any atom is 0.314 e. The van der Waals surface area contributed by atoms with Crippen LogP contribution in [0.3, 0.4) is 0 Å². The summed E-state index contributed by atoms with van der Waals surface area (Å²) in [6, 6.07) is 18.0. The average molecular weight is 791 g/mol. The highest BCUT2D eigenvalue weighted by atomic mass is 32.2. The number of ether oxygens (including phenoxy) is 3. The summed E-state index contributed by atoms with van der Waals surface area (Å²) in [4.78, 5) is 35.0. The van der Waals surface area contributed by atoms with E-state index in [1.165, 1.54) is 5.56 Å². The number of thiocarbonyl (C=S) groups is 1. The van der Waals surface area contributed by atoms with Gasteiger partial charge in [0.15, 0.2) is 0 Å². The molecule has 3 aromatic rings. The molecule has 292 valence electrons. The van der Waals surface area contributed by atoms with E-state index in [-0.39, 0.29) is 17.4 Å². The summed E-state index contributed by atoms with van der Waals surface area (Å²) in [5, 5.41) is 1.80. The van der Waals surface area contributed by atoms with Crippen LogP contribution in [0.1, 0.15) is 106 Å². The quantitative estimate of drug-likeness (QED) is 0.0647. The molecule has 2 heterocycles. The first-order valence-electron chi connectivity index (χ1n) is 19.4. The van der Waals surface area contributed by atoms with Crippen molar-refractivity contribution in [3.8, 4) is 11.5 Å². The van der Waals surface area contributed by atoms with Gasteiger partial charge in [-0.05, 0) is 92.8 Å². The molecule has 0 aromatic heterocycles. The molecule has 0 saturated heterocycles. The van der Waals surface area contributed by atoms with E-state index in [1.54, 1.807) is 23.5 Å². The highest BCUT2D eigenvalue weighted by molar-refractivity contribution is 8.47. The zero-order chi connectivity index (χ0) is 39.5. The van der Waals surface area contributed by atoms with Crippen LogP contribution in [0.2, 0.25) is 0 Å². The van der Waals surface area contributed by atoms with Crippen molar-refractivity contribution in [2.45, 2.75) is 117 Å². The number of anilines is 1. The summed E-state index contributed by atoms with van der Waals surface area (Å²) in [7, 11) is 2.05. The Kier molecular flexibility index (Phi) is 13.2. The number of carbonyl (C=O) groups is 2. The number of thioether (sulfide) groups is 2. The summed E-state index contributed by atoms with van der Waals surface area (Å²) >= 11 is 9.10. The standard InChI is InChI=1S/C44H58N2O5S3/c1-11-14-24-49-39(48)34(43(9,13-3)54-40(52)53-25-15-12-2)27-41(5,6)29(4)38(47)50-31-22-20-30-21-23-36-37(32(30)26-31)45-28-44(51-36)42(7,8)33-18-16-17-19-35(33)46(44)10/h16-23,26,28-29,34H,11-15,24-25,27H2,1-10H3/t29?,34?,43-,44?/m0/s1. The van der Waals surface area contributed by atoms with Crippen molar-refractivity contribution in [3.63, 3.8) is 0 Å². The van der Waals surface area contributed by atoms with Crippen LogP contribution in [0.4, 0.5) is 11.4 Å². The van der Waals surface area contributed by atoms with Crippen molar-refractivity contribution in [1.29, 1.82) is 0 Å². The average Bonchev–Trinajstić information content (AvgIpc) is 3.30. The third kappa shape index (κ3) is 8.22. The Hall–Kier alpha value is -3.08. The van der Waals surface area contributed by atoms with E-state index >= 15 is 0 Å². The molecule has 0 bridgehead atoms. The first kappa shape index (κ1) is 42.1. The minimum absolute atomic E-state index is 0.227. The van der Waals surface area contributed by atoms with Gasteiger partial charge in [0.1, 0.15) is 20.7 Å². The lowest BCUT2D eigenvalue weighted by atomic mass is 9.70. The fourth-order valence-corrected chi connectivity index (χ4v) is 10.8. The van der Waals surface area contributed by atoms with Crippen molar-refractivity contribution >= 4 is 79.6 Å². The first-order chi connectivity index (χ1) is 25.5. The topological polar surface area (TPSA) is 77.4 Å².